The third-order valence-electron chi connectivity index (χ3n) is 6.38. The lowest BCUT2D eigenvalue weighted by molar-refractivity contribution is -0.116. The van der Waals surface area contributed by atoms with Crippen LogP contribution >= 0.6 is 11.3 Å². The van der Waals surface area contributed by atoms with Crippen molar-refractivity contribution in [2.75, 3.05) is 5.32 Å². The molecule has 0 radical (unpaired) electrons. The summed E-state index contributed by atoms with van der Waals surface area (Å²) in [7, 11) is 0. The van der Waals surface area contributed by atoms with E-state index in [1.807, 2.05) is 24.4 Å². The molecule has 6 aromatic rings. The molecule has 3 N–H and O–H groups in total. The van der Waals surface area contributed by atoms with Crippen LogP contribution in [0.4, 0.5) is 5.69 Å². The summed E-state index contributed by atoms with van der Waals surface area (Å²) in [6, 6.07) is 20.9. The monoisotopic (exact) mass is 491 g/mol. The number of rotatable bonds is 7. The van der Waals surface area contributed by atoms with E-state index in [4.69, 9.17) is 0 Å². The normalized spacial score (nSPS) is 11.4. The number of nitrogens with one attached hydrogen (secondary N) is 3. The van der Waals surface area contributed by atoms with Gasteiger partial charge in [0.15, 0.2) is 0 Å². The highest BCUT2D eigenvalue weighted by molar-refractivity contribution is 7.13. The molecule has 0 aliphatic carbocycles. The molecule has 178 valence electrons. The molecule has 1 amide bonds. The molecule has 6 nitrogen and oxygen atoms in total. The molecular formula is C29H25N5OS. The number of aromatic amines is 2. The SMILES string of the molecule is CCCCC(=O)Nc1cncc(-c2ccc3[nH]nc(-c4cc5c(-c6cccs6)cccc5[nH]4)c3c2)c1. The predicted molar refractivity (Wildman–Crippen MR) is 148 cm³/mol. The average molecular weight is 492 g/mol. The first-order chi connectivity index (χ1) is 17.7. The molecule has 0 aliphatic heterocycles. The Balaban J connectivity index is 1.37. The number of hydrogen-bond donors (Lipinski definition) is 3. The van der Waals surface area contributed by atoms with E-state index < -0.39 is 0 Å². The van der Waals surface area contributed by atoms with Crippen LogP contribution in [-0.2, 0) is 4.79 Å². The summed E-state index contributed by atoms with van der Waals surface area (Å²) in [5.41, 5.74) is 7.75. The number of aromatic nitrogens is 4. The van der Waals surface area contributed by atoms with Crippen molar-refractivity contribution in [2.45, 2.75) is 26.2 Å². The number of H-pyrrole nitrogens is 2. The number of carbonyl (C=O) groups excluding carboxylic acids is 1. The van der Waals surface area contributed by atoms with E-state index in [1.54, 1.807) is 17.5 Å². The number of pyridine rings is 1. The summed E-state index contributed by atoms with van der Waals surface area (Å²) in [6.45, 7) is 2.08. The minimum atomic E-state index is 0.0177. The van der Waals surface area contributed by atoms with Gasteiger partial charge in [0.1, 0.15) is 5.69 Å². The highest BCUT2D eigenvalue weighted by atomic mass is 32.1. The van der Waals surface area contributed by atoms with Gasteiger partial charge in [-0.1, -0.05) is 37.6 Å². The standard InChI is InChI=1S/C29H25N5OS/c1-2-3-9-28(35)31-20-13-19(16-30-17-20)18-10-11-25-23(14-18)29(34-33-25)26-15-22-21(27-8-5-12-36-27)6-4-7-24(22)32-26/h4-8,10-17,32H,2-3,9H2,1H3,(H,31,35)(H,33,34). The van der Waals surface area contributed by atoms with Crippen molar-refractivity contribution in [2.24, 2.45) is 0 Å². The summed E-state index contributed by atoms with van der Waals surface area (Å²) in [5, 5.41) is 15.1. The maximum atomic E-state index is 12.2. The van der Waals surface area contributed by atoms with E-state index in [2.05, 4.69) is 80.3 Å². The molecule has 0 saturated carbocycles. The van der Waals surface area contributed by atoms with Crippen LogP contribution in [0, 0.1) is 0 Å². The fourth-order valence-electron chi connectivity index (χ4n) is 4.56. The maximum absolute atomic E-state index is 12.2. The molecule has 0 unspecified atom stereocenters. The van der Waals surface area contributed by atoms with Gasteiger partial charge >= 0.3 is 0 Å². The van der Waals surface area contributed by atoms with Crippen molar-refractivity contribution < 1.29 is 4.79 Å². The molecule has 4 heterocycles. The minimum absolute atomic E-state index is 0.0177. The Bertz CT molecular complexity index is 1680. The molecule has 2 aromatic carbocycles. The number of anilines is 1. The Kier molecular flexibility index (Phi) is 5.83. The summed E-state index contributed by atoms with van der Waals surface area (Å²) in [4.78, 5) is 21.3. The third-order valence-corrected chi connectivity index (χ3v) is 7.28. The molecule has 0 atom stereocenters. The lowest BCUT2D eigenvalue weighted by Gasteiger charge is -2.07. The van der Waals surface area contributed by atoms with Crippen LogP contribution < -0.4 is 5.32 Å². The lowest BCUT2D eigenvalue weighted by atomic mass is 10.0. The number of fused-ring (bicyclic) bond motifs is 2. The zero-order valence-electron chi connectivity index (χ0n) is 19.8. The zero-order chi connectivity index (χ0) is 24.5. The number of benzene rings is 2. The summed E-state index contributed by atoms with van der Waals surface area (Å²) in [5.74, 6) is 0.0177. The largest absolute Gasteiger partial charge is 0.353 e. The highest BCUT2D eigenvalue weighted by Gasteiger charge is 2.15. The van der Waals surface area contributed by atoms with Crippen molar-refractivity contribution in [3.8, 4) is 33.0 Å². The van der Waals surface area contributed by atoms with Gasteiger partial charge in [0, 0.05) is 44.9 Å². The molecule has 6 rings (SSSR count). The third kappa shape index (κ3) is 4.18. The summed E-state index contributed by atoms with van der Waals surface area (Å²) >= 11 is 1.74. The molecule has 0 saturated heterocycles. The average Bonchev–Trinajstić information content (AvgIpc) is 3.66. The first kappa shape index (κ1) is 22.2. The fourth-order valence-corrected chi connectivity index (χ4v) is 5.32. The van der Waals surface area contributed by atoms with Gasteiger partial charge in [-0.05, 0) is 53.8 Å². The molecular weight excluding hydrogens is 466 g/mol. The zero-order valence-corrected chi connectivity index (χ0v) is 20.7. The second-order valence-corrected chi connectivity index (χ2v) is 9.82. The molecule has 0 spiro atoms. The second kappa shape index (κ2) is 9.43. The van der Waals surface area contributed by atoms with Crippen LogP contribution in [-0.4, -0.2) is 26.1 Å². The van der Waals surface area contributed by atoms with Gasteiger partial charge in [-0.3, -0.25) is 14.9 Å². The smallest absolute Gasteiger partial charge is 0.224 e. The van der Waals surface area contributed by atoms with E-state index in [9.17, 15) is 4.79 Å². The van der Waals surface area contributed by atoms with Gasteiger partial charge in [0.05, 0.1) is 23.1 Å². The Morgan fingerprint density at radius 3 is 2.78 bits per heavy atom. The fraction of sp³-hybridized carbons (Fsp3) is 0.138. The van der Waals surface area contributed by atoms with Gasteiger partial charge in [-0.2, -0.15) is 5.10 Å². The van der Waals surface area contributed by atoms with Crippen LogP contribution in [0.1, 0.15) is 26.2 Å². The Hall–Kier alpha value is -4.23. The van der Waals surface area contributed by atoms with E-state index >= 15 is 0 Å². The van der Waals surface area contributed by atoms with Gasteiger partial charge in [-0.15, -0.1) is 11.3 Å². The lowest BCUT2D eigenvalue weighted by Crippen LogP contribution is -2.11. The maximum Gasteiger partial charge on any atom is 0.224 e. The number of carbonyl (C=O) groups is 1. The van der Waals surface area contributed by atoms with Crippen molar-refractivity contribution in [1.82, 2.24) is 20.2 Å². The van der Waals surface area contributed by atoms with Gasteiger partial charge < -0.3 is 10.3 Å². The molecule has 7 heteroatoms. The van der Waals surface area contributed by atoms with Gasteiger partial charge in [0.2, 0.25) is 5.91 Å². The van der Waals surface area contributed by atoms with Crippen molar-refractivity contribution in [3.63, 3.8) is 0 Å². The van der Waals surface area contributed by atoms with Gasteiger partial charge in [-0.25, -0.2) is 0 Å². The Morgan fingerprint density at radius 1 is 0.972 bits per heavy atom. The quantitative estimate of drug-likeness (QED) is 0.215. The molecule has 0 fully saturated rings. The number of hydrogen-bond acceptors (Lipinski definition) is 4. The van der Waals surface area contributed by atoms with E-state index in [-0.39, 0.29) is 5.91 Å². The first-order valence-corrected chi connectivity index (χ1v) is 13.0. The van der Waals surface area contributed by atoms with Crippen molar-refractivity contribution in [1.29, 1.82) is 0 Å². The van der Waals surface area contributed by atoms with Crippen LogP contribution in [0.15, 0.2) is 78.4 Å². The Morgan fingerprint density at radius 2 is 1.92 bits per heavy atom. The first-order valence-electron chi connectivity index (χ1n) is 12.1. The van der Waals surface area contributed by atoms with Crippen LogP contribution in [0.2, 0.25) is 0 Å². The molecule has 0 bridgehead atoms. The van der Waals surface area contributed by atoms with Crippen LogP contribution in [0.3, 0.4) is 0 Å². The number of thiophene rings is 1. The molecule has 36 heavy (non-hydrogen) atoms. The molecule has 0 aliphatic rings. The van der Waals surface area contributed by atoms with E-state index in [0.717, 1.165) is 51.8 Å². The van der Waals surface area contributed by atoms with Crippen LogP contribution in [0.25, 0.3) is 54.8 Å². The number of amides is 1. The Labute approximate surface area is 212 Å². The second-order valence-electron chi connectivity index (χ2n) is 8.87. The summed E-state index contributed by atoms with van der Waals surface area (Å²) < 4.78 is 0. The van der Waals surface area contributed by atoms with Crippen molar-refractivity contribution in [3.05, 3.63) is 78.4 Å². The van der Waals surface area contributed by atoms with Gasteiger partial charge in [0.25, 0.3) is 0 Å². The highest BCUT2D eigenvalue weighted by Crippen LogP contribution is 2.36. The predicted octanol–water partition coefficient (Wildman–Crippen LogP) is 7.63. The molecule has 4 aromatic heterocycles. The van der Waals surface area contributed by atoms with Crippen LogP contribution in [0.5, 0.6) is 0 Å². The van der Waals surface area contributed by atoms with E-state index in [0.29, 0.717) is 12.1 Å². The topological polar surface area (TPSA) is 86.5 Å². The van der Waals surface area contributed by atoms with Crippen molar-refractivity contribution >= 4 is 44.7 Å². The summed E-state index contributed by atoms with van der Waals surface area (Å²) in [6.07, 6.45) is 5.89. The number of nitrogens with zero attached hydrogens (tertiary/aromatic N) is 2. The number of unbranched alkanes of at least 4 members (excludes halogenated alkanes) is 1. The minimum Gasteiger partial charge on any atom is -0.353 e. The van der Waals surface area contributed by atoms with E-state index in [1.165, 1.54) is 15.8 Å².